The van der Waals surface area contributed by atoms with E-state index in [-0.39, 0.29) is 0 Å². The second kappa shape index (κ2) is 7.94. The van der Waals surface area contributed by atoms with Gasteiger partial charge in [-0.05, 0) is 37.5 Å². The molecule has 0 atom stereocenters. The molecular formula is C16H24O. The molecule has 1 nitrogen and oxygen atoms in total. The predicted molar refractivity (Wildman–Crippen MR) is 74.6 cm³/mol. The first-order valence-electron chi connectivity index (χ1n) is 6.58. The summed E-state index contributed by atoms with van der Waals surface area (Å²) in [5, 5.41) is 0. The first-order valence-corrected chi connectivity index (χ1v) is 6.58. The maximum Gasteiger partial charge on any atom is 0.119 e. The van der Waals surface area contributed by atoms with Crippen molar-refractivity contribution in [1.82, 2.24) is 0 Å². The molecule has 94 valence electrons. The summed E-state index contributed by atoms with van der Waals surface area (Å²) < 4.78 is 5.69. The van der Waals surface area contributed by atoms with E-state index in [9.17, 15) is 0 Å². The summed E-state index contributed by atoms with van der Waals surface area (Å²) in [5.74, 6) is 0.979. The molecule has 1 aromatic carbocycles. The molecule has 1 aromatic rings. The Balaban J connectivity index is 2.28. The molecule has 1 rings (SSSR count). The van der Waals surface area contributed by atoms with E-state index in [2.05, 4.69) is 44.7 Å². The zero-order chi connectivity index (χ0) is 12.5. The Hall–Kier alpha value is -1.24. The summed E-state index contributed by atoms with van der Waals surface area (Å²) in [6.07, 6.45) is 5.96. The minimum atomic E-state index is 0.833. The van der Waals surface area contributed by atoms with E-state index in [4.69, 9.17) is 4.74 Å². The van der Waals surface area contributed by atoms with Gasteiger partial charge in [0.15, 0.2) is 0 Å². The average Bonchev–Trinajstić information content (AvgIpc) is 2.30. The molecule has 0 aliphatic carbocycles. The number of rotatable bonds is 8. The zero-order valence-electron chi connectivity index (χ0n) is 11.2. The first kappa shape index (κ1) is 13.8. The highest BCUT2D eigenvalue weighted by atomic mass is 16.5. The quantitative estimate of drug-likeness (QED) is 0.463. The number of hydrogen-bond acceptors (Lipinski definition) is 1. The third-order valence-corrected chi connectivity index (χ3v) is 2.70. The molecular weight excluding hydrogens is 208 g/mol. The van der Waals surface area contributed by atoms with Crippen LogP contribution in [0, 0.1) is 0 Å². The molecule has 0 radical (unpaired) electrons. The molecule has 17 heavy (non-hydrogen) atoms. The maximum absolute atomic E-state index is 5.69. The van der Waals surface area contributed by atoms with Crippen LogP contribution in [0.15, 0.2) is 36.4 Å². The lowest BCUT2D eigenvalue weighted by Gasteiger charge is -2.07. The SMILES string of the molecule is C=C(C)Cc1ccc(OCCCCCC)cc1. The Morgan fingerprint density at radius 2 is 1.82 bits per heavy atom. The molecule has 0 aliphatic heterocycles. The summed E-state index contributed by atoms with van der Waals surface area (Å²) in [7, 11) is 0. The smallest absolute Gasteiger partial charge is 0.119 e. The van der Waals surface area contributed by atoms with Crippen LogP contribution in [0.5, 0.6) is 5.75 Å². The maximum atomic E-state index is 5.69. The van der Waals surface area contributed by atoms with Crippen LogP contribution in [0.1, 0.15) is 45.1 Å². The van der Waals surface area contributed by atoms with Gasteiger partial charge in [0.2, 0.25) is 0 Å². The van der Waals surface area contributed by atoms with Gasteiger partial charge in [0.05, 0.1) is 6.61 Å². The largest absolute Gasteiger partial charge is 0.494 e. The van der Waals surface area contributed by atoms with Gasteiger partial charge < -0.3 is 4.74 Å². The summed E-state index contributed by atoms with van der Waals surface area (Å²) in [6.45, 7) is 9.03. The van der Waals surface area contributed by atoms with Crippen LogP contribution in [0.25, 0.3) is 0 Å². The van der Waals surface area contributed by atoms with Gasteiger partial charge >= 0.3 is 0 Å². The zero-order valence-corrected chi connectivity index (χ0v) is 11.2. The number of ether oxygens (including phenoxy) is 1. The lowest BCUT2D eigenvalue weighted by Crippen LogP contribution is -1.97. The van der Waals surface area contributed by atoms with Gasteiger partial charge in [-0.1, -0.05) is 50.5 Å². The van der Waals surface area contributed by atoms with E-state index in [0.717, 1.165) is 25.2 Å². The van der Waals surface area contributed by atoms with E-state index in [1.54, 1.807) is 0 Å². The van der Waals surface area contributed by atoms with Gasteiger partial charge in [-0.3, -0.25) is 0 Å². The number of hydrogen-bond donors (Lipinski definition) is 0. The van der Waals surface area contributed by atoms with E-state index >= 15 is 0 Å². The molecule has 0 saturated carbocycles. The summed E-state index contributed by atoms with van der Waals surface area (Å²) in [4.78, 5) is 0. The van der Waals surface area contributed by atoms with Gasteiger partial charge in [0.1, 0.15) is 5.75 Å². The Morgan fingerprint density at radius 3 is 2.41 bits per heavy atom. The number of benzene rings is 1. The van der Waals surface area contributed by atoms with Crippen LogP contribution < -0.4 is 4.74 Å². The predicted octanol–water partition coefficient (Wildman–Crippen LogP) is 4.76. The summed E-state index contributed by atoms with van der Waals surface area (Å²) in [5.41, 5.74) is 2.49. The molecule has 0 spiro atoms. The number of allylic oxidation sites excluding steroid dienone is 1. The Bertz CT molecular complexity index is 324. The van der Waals surface area contributed by atoms with Crippen molar-refractivity contribution >= 4 is 0 Å². The third kappa shape index (κ3) is 6.15. The van der Waals surface area contributed by atoms with Crippen LogP contribution in [0.4, 0.5) is 0 Å². The standard InChI is InChI=1S/C16H24O/c1-4-5-6-7-12-17-16-10-8-15(9-11-16)13-14(2)3/h8-11H,2,4-7,12-13H2,1,3H3. The van der Waals surface area contributed by atoms with Crippen LogP contribution in [-0.2, 0) is 6.42 Å². The van der Waals surface area contributed by atoms with Crippen LogP contribution in [0.2, 0.25) is 0 Å². The second-order valence-electron chi connectivity index (χ2n) is 4.69. The van der Waals surface area contributed by atoms with Crippen molar-refractivity contribution in [1.29, 1.82) is 0 Å². The Labute approximate surface area is 106 Å². The lowest BCUT2D eigenvalue weighted by atomic mass is 10.1. The van der Waals surface area contributed by atoms with Crippen LogP contribution >= 0.6 is 0 Å². The topological polar surface area (TPSA) is 9.23 Å². The highest BCUT2D eigenvalue weighted by Crippen LogP contribution is 2.14. The fourth-order valence-electron chi connectivity index (χ4n) is 1.77. The highest BCUT2D eigenvalue weighted by Gasteiger charge is 1.96. The fraction of sp³-hybridized carbons (Fsp3) is 0.500. The van der Waals surface area contributed by atoms with Crippen molar-refractivity contribution in [2.24, 2.45) is 0 Å². The molecule has 0 aliphatic rings. The van der Waals surface area contributed by atoms with Crippen LogP contribution in [-0.4, -0.2) is 6.61 Å². The number of unbranched alkanes of at least 4 members (excludes halogenated alkanes) is 3. The van der Waals surface area contributed by atoms with Crippen molar-refractivity contribution in [2.75, 3.05) is 6.61 Å². The minimum Gasteiger partial charge on any atom is -0.494 e. The molecule has 0 fully saturated rings. The first-order chi connectivity index (χ1) is 8.22. The summed E-state index contributed by atoms with van der Waals surface area (Å²) >= 11 is 0. The van der Waals surface area contributed by atoms with Crippen molar-refractivity contribution in [2.45, 2.75) is 46.0 Å². The molecule has 0 amide bonds. The van der Waals surface area contributed by atoms with Crippen molar-refractivity contribution in [3.8, 4) is 5.75 Å². The molecule has 0 N–H and O–H groups in total. The van der Waals surface area contributed by atoms with Gasteiger partial charge in [-0.15, -0.1) is 0 Å². The Kier molecular flexibility index (Phi) is 6.46. The van der Waals surface area contributed by atoms with E-state index < -0.39 is 0 Å². The Morgan fingerprint density at radius 1 is 1.12 bits per heavy atom. The lowest BCUT2D eigenvalue weighted by molar-refractivity contribution is 0.305. The normalized spacial score (nSPS) is 10.2. The van der Waals surface area contributed by atoms with E-state index in [0.29, 0.717) is 0 Å². The van der Waals surface area contributed by atoms with E-state index in [1.807, 2.05) is 0 Å². The fourth-order valence-corrected chi connectivity index (χ4v) is 1.77. The van der Waals surface area contributed by atoms with Gasteiger partial charge in [-0.25, -0.2) is 0 Å². The van der Waals surface area contributed by atoms with Crippen molar-refractivity contribution in [3.63, 3.8) is 0 Å². The third-order valence-electron chi connectivity index (χ3n) is 2.70. The average molecular weight is 232 g/mol. The molecule has 0 heterocycles. The van der Waals surface area contributed by atoms with Gasteiger partial charge in [0.25, 0.3) is 0 Å². The summed E-state index contributed by atoms with van der Waals surface area (Å²) in [6, 6.07) is 8.35. The molecule has 1 heteroatoms. The van der Waals surface area contributed by atoms with E-state index in [1.165, 1.54) is 30.4 Å². The molecule has 0 aromatic heterocycles. The molecule has 0 bridgehead atoms. The monoisotopic (exact) mass is 232 g/mol. The molecule has 0 saturated heterocycles. The van der Waals surface area contributed by atoms with Crippen LogP contribution in [0.3, 0.4) is 0 Å². The van der Waals surface area contributed by atoms with Crippen molar-refractivity contribution < 1.29 is 4.74 Å². The second-order valence-corrected chi connectivity index (χ2v) is 4.69. The van der Waals surface area contributed by atoms with Crippen molar-refractivity contribution in [3.05, 3.63) is 42.0 Å². The van der Waals surface area contributed by atoms with Gasteiger partial charge in [0, 0.05) is 0 Å². The minimum absolute atomic E-state index is 0.833. The van der Waals surface area contributed by atoms with Gasteiger partial charge in [-0.2, -0.15) is 0 Å². The molecule has 0 unspecified atom stereocenters. The highest BCUT2D eigenvalue weighted by molar-refractivity contribution is 5.29.